The van der Waals surface area contributed by atoms with Crippen molar-refractivity contribution >= 4 is 26.1 Å². The molecule has 0 atom stereocenters. The van der Waals surface area contributed by atoms with E-state index in [0.717, 1.165) is 0 Å². The van der Waals surface area contributed by atoms with Crippen LogP contribution in [0.1, 0.15) is 13.8 Å². The van der Waals surface area contributed by atoms with Gasteiger partial charge in [0.1, 0.15) is 0 Å². The maximum absolute atomic E-state index is 5.92. The van der Waals surface area contributed by atoms with Crippen molar-refractivity contribution in [2.75, 3.05) is 13.2 Å². The highest BCUT2D eigenvalue weighted by molar-refractivity contribution is 6.69. The van der Waals surface area contributed by atoms with Crippen molar-refractivity contribution in [2.24, 2.45) is 4.99 Å². The standard InChI is InChI=1S/C9H20ClNOSi/c1-9(2,10)8-11-6-7-12-13(3,4)5/h8H,6-7H2,1-5H3. The van der Waals surface area contributed by atoms with Crippen LogP contribution in [0.15, 0.2) is 4.99 Å². The lowest BCUT2D eigenvalue weighted by molar-refractivity contribution is 0.323. The van der Waals surface area contributed by atoms with Crippen LogP contribution in [0.5, 0.6) is 0 Å². The van der Waals surface area contributed by atoms with Gasteiger partial charge in [0.15, 0.2) is 8.32 Å². The van der Waals surface area contributed by atoms with Crippen LogP contribution in [0.25, 0.3) is 0 Å². The molecular weight excluding hydrogens is 202 g/mol. The molecule has 0 rings (SSSR count). The zero-order valence-corrected chi connectivity index (χ0v) is 11.0. The van der Waals surface area contributed by atoms with Crippen LogP contribution in [-0.2, 0) is 4.43 Å². The van der Waals surface area contributed by atoms with E-state index in [4.69, 9.17) is 16.0 Å². The molecule has 0 aliphatic carbocycles. The Balaban J connectivity index is 3.53. The number of alkyl halides is 1. The minimum atomic E-state index is -1.36. The highest BCUT2D eigenvalue weighted by Crippen LogP contribution is 2.08. The van der Waals surface area contributed by atoms with E-state index >= 15 is 0 Å². The summed E-state index contributed by atoms with van der Waals surface area (Å²) in [7, 11) is -1.36. The topological polar surface area (TPSA) is 21.6 Å². The van der Waals surface area contributed by atoms with Gasteiger partial charge in [-0.1, -0.05) is 0 Å². The van der Waals surface area contributed by atoms with Crippen molar-refractivity contribution in [1.82, 2.24) is 0 Å². The first kappa shape index (κ1) is 13.1. The average Bonchev–Trinajstić information content (AvgIpc) is 1.81. The Hall–Kier alpha value is 0.137. The predicted molar refractivity (Wildman–Crippen MR) is 62.6 cm³/mol. The summed E-state index contributed by atoms with van der Waals surface area (Å²) < 4.78 is 5.63. The molecule has 0 fully saturated rings. The number of hydrogen-bond donors (Lipinski definition) is 0. The highest BCUT2D eigenvalue weighted by atomic mass is 35.5. The first-order valence-corrected chi connectivity index (χ1v) is 8.33. The molecule has 0 N–H and O–H groups in total. The van der Waals surface area contributed by atoms with E-state index in [1.807, 2.05) is 13.8 Å². The Kier molecular flexibility index (Phi) is 5.18. The molecular formula is C9H20ClNOSi. The predicted octanol–water partition coefficient (Wildman–Crippen LogP) is 2.93. The van der Waals surface area contributed by atoms with E-state index in [2.05, 4.69) is 24.6 Å². The van der Waals surface area contributed by atoms with Crippen LogP contribution < -0.4 is 0 Å². The summed E-state index contributed by atoms with van der Waals surface area (Å²) in [4.78, 5) is 3.85. The molecule has 0 amide bonds. The molecule has 2 nitrogen and oxygen atoms in total. The lowest BCUT2D eigenvalue weighted by atomic mass is 10.2. The van der Waals surface area contributed by atoms with Gasteiger partial charge in [-0.05, 0) is 33.5 Å². The third-order valence-electron chi connectivity index (χ3n) is 1.15. The summed E-state index contributed by atoms with van der Waals surface area (Å²) in [6.45, 7) is 11.8. The molecule has 0 unspecified atom stereocenters. The third kappa shape index (κ3) is 12.1. The summed E-state index contributed by atoms with van der Waals surface area (Å²) in [5.74, 6) is 0. The molecule has 78 valence electrons. The minimum absolute atomic E-state index is 0.334. The van der Waals surface area contributed by atoms with E-state index in [1.54, 1.807) is 6.21 Å². The molecule has 13 heavy (non-hydrogen) atoms. The van der Waals surface area contributed by atoms with Crippen LogP contribution in [0.2, 0.25) is 19.6 Å². The number of aliphatic imine (C=N–C) groups is 1. The molecule has 0 aromatic rings. The first-order chi connectivity index (χ1) is 5.71. The van der Waals surface area contributed by atoms with Crippen LogP contribution in [0.4, 0.5) is 0 Å². The number of hydrogen-bond acceptors (Lipinski definition) is 2. The largest absolute Gasteiger partial charge is 0.416 e. The van der Waals surface area contributed by atoms with Gasteiger partial charge >= 0.3 is 0 Å². The lowest BCUT2D eigenvalue weighted by Gasteiger charge is -2.16. The fourth-order valence-corrected chi connectivity index (χ4v) is 1.46. The molecule has 0 heterocycles. The summed E-state index contributed by atoms with van der Waals surface area (Å²) in [6.07, 6.45) is 1.77. The molecule has 0 aromatic heterocycles. The van der Waals surface area contributed by atoms with Gasteiger partial charge in [0.05, 0.1) is 18.0 Å². The number of nitrogens with zero attached hydrogens (tertiary/aromatic N) is 1. The molecule has 0 aliphatic rings. The Morgan fingerprint density at radius 2 is 1.92 bits per heavy atom. The van der Waals surface area contributed by atoms with E-state index in [9.17, 15) is 0 Å². The molecule has 0 saturated heterocycles. The monoisotopic (exact) mass is 221 g/mol. The summed E-state index contributed by atoms with van der Waals surface area (Å²) in [5.41, 5.74) is 0. The van der Waals surface area contributed by atoms with Gasteiger partial charge in [0.25, 0.3) is 0 Å². The smallest absolute Gasteiger partial charge is 0.183 e. The van der Waals surface area contributed by atoms with Gasteiger partial charge in [0, 0.05) is 6.21 Å². The van der Waals surface area contributed by atoms with Gasteiger partial charge in [-0.15, -0.1) is 11.6 Å². The third-order valence-corrected chi connectivity index (χ3v) is 2.32. The Bertz CT molecular complexity index is 169. The first-order valence-electron chi connectivity index (χ1n) is 4.54. The second-order valence-electron chi connectivity index (χ2n) is 4.56. The molecule has 0 saturated carbocycles. The molecule has 0 aliphatic heterocycles. The van der Waals surface area contributed by atoms with E-state index in [1.165, 1.54) is 0 Å². The van der Waals surface area contributed by atoms with Crippen molar-refractivity contribution in [3.63, 3.8) is 0 Å². The molecule has 0 aromatic carbocycles. The van der Waals surface area contributed by atoms with Gasteiger partial charge in [-0.2, -0.15) is 0 Å². The van der Waals surface area contributed by atoms with Crippen LogP contribution in [0.3, 0.4) is 0 Å². The second-order valence-corrected chi connectivity index (χ2v) is 10.0. The maximum Gasteiger partial charge on any atom is 0.183 e. The SMILES string of the molecule is CC(C)(Cl)C=NCCO[Si](C)(C)C. The molecule has 4 heteroatoms. The zero-order chi connectivity index (χ0) is 10.5. The Labute approximate surface area is 87.5 Å². The Morgan fingerprint density at radius 3 is 2.31 bits per heavy atom. The van der Waals surface area contributed by atoms with Gasteiger partial charge in [-0.3, -0.25) is 4.99 Å². The maximum atomic E-state index is 5.92. The van der Waals surface area contributed by atoms with E-state index in [-0.39, 0.29) is 4.87 Å². The van der Waals surface area contributed by atoms with Crippen molar-refractivity contribution in [3.05, 3.63) is 0 Å². The molecule has 0 spiro atoms. The summed E-state index contributed by atoms with van der Waals surface area (Å²) in [6, 6.07) is 0. The van der Waals surface area contributed by atoms with Crippen LogP contribution in [-0.4, -0.2) is 32.6 Å². The normalized spacial score (nSPS) is 14.0. The van der Waals surface area contributed by atoms with E-state index in [0.29, 0.717) is 13.2 Å². The van der Waals surface area contributed by atoms with Gasteiger partial charge in [0.2, 0.25) is 0 Å². The summed E-state index contributed by atoms with van der Waals surface area (Å²) >= 11 is 5.92. The van der Waals surface area contributed by atoms with Crippen molar-refractivity contribution in [1.29, 1.82) is 0 Å². The van der Waals surface area contributed by atoms with Gasteiger partial charge in [-0.25, -0.2) is 0 Å². The highest BCUT2D eigenvalue weighted by Gasteiger charge is 2.13. The summed E-state index contributed by atoms with van der Waals surface area (Å²) in [5, 5.41) is 0. The molecule has 0 bridgehead atoms. The van der Waals surface area contributed by atoms with Crippen molar-refractivity contribution < 1.29 is 4.43 Å². The van der Waals surface area contributed by atoms with E-state index < -0.39 is 8.32 Å². The number of halogens is 1. The number of rotatable bonds is 5. The second kappa shape index (κ2) is 5.13. The van der Waals surface area contributed by atoms with Crippen molar-refractivity contribution in [2.45, 2.75) is 38.4 Å². The zero-order valence-electron chi connectivity index (χ0n) is 9.22. The minimum Gasteiger partial charge on any atom is -0.416 e. The average molecular weight is 222 g/mol. The fourth-order valence-electron chi connectivity index (χ4n) is 0.686. The fraction of sp³-hybridized carbons (Fsp3) is 0.889. The van der Waals surface area contributed by atoms with Crippen LogP contribution in [0, 0.1) is 0 Å². The lowest BCUT2D eigenvalue weighted by Crippen LogP contribution is -2.26. The van der Waals surface area contributed by atoms with Crippen LogP contribution >= 0.6 is 11.6 Å². The van der Waals surface area contributed by atoms with Gasteiger partial charge < -0.3 is 4.43 Å². The molecule has 0 radical (unpaired) electrons. The Morgan fingerprint density at radius 1 is 1.38 bits per heavy atom. The van der Waals surface area contributed by atoms with Crippen molar-refractivity contribution in [3.8, 4) is 0 Å². The quantitative estimate of drug-likeness (QED) is 0.303.